The molecule has 0 bridgehead atoms. The monoisotopic (exact) mass is 451 g/mol. The summed E-state index contributed by atoms with van der Waals surface area (Å²) in [6.07, 6.45) is 3.93. The number of fused-ring (bicyclic) bond motifs is 1. The van der Waals surface area contributed by atoms with Crippen molar-refractivity contribution in [1.82, 2.24) is 10.4 Å². The van der Waals surface area contributed by atoms with Gasteiger partial charge in [-0.3, -0.25) is 19.7 Å². The number of nitrogens with one attached hydrogen (secondary N) is 2. The molecule has 33 heavy (non-hydrogen) atoms. The first-order valence-corrected chi connectivity index (χ1v) is 11.4. The molecule has 0 saturated heterocycles. The maximum absolute atomic E-state index is 11.9. The van der Waals surface area contributed by atoms with Crippen molar-refractivity contribution in [3.8, 4) is 0 Å². The molecule has 2 aromatic rings. The van der Waals surface area contributed by atoms with Gasteiger partial charge in [-0.2, -0.15) is 0 Å². The van der Waals surface area contributed by atoms with Crippen LogP contribution in [0.2, 0.25) is 0 Å². The number of carbonyl (C=O) groups excluding carboxylic acids is 2. The van der Waals surface area contributed by atoms with E-state index in [1.54, 1.807) is 11.6 Å². The van der Waals surface area contributed by atoms with Crippen molar-refractivity contribution < 1.29 is 19.5 Å². The molecule has 3 N–H and O–H groups in total. The lowest BCUT2D eigenvalue weighted by atomic mass is 9.97. The molecule has 1 aliphatic rings. The van der Waals surface area contributed by atoms with Gasteiger partial charge in [0.15, 0.2) is 0 Å². The molecule has 1 unspecified atom stereocenters. The third-order valence-corrected chi connectivity index (χ3v) is 5.78. The smallest absolute Gasteiger partial charge is 0.308 e. The fourth-order valence-electron chi connectivity index (χ4n) is 3.87. The molecule has 0 fully saturated rings. The summed E-state index contributed by atoms with van der Waals surface area (Å²) in [5, 5.41) is 12.1. The van der Waals surface area contributed by atoms with E-state index >= 15 is 0 Å². The second kappa shape index (κ2) is 12.2. The molecule has 0 radical (unpaired) electrons. The molecule has 1 heterocycles. The van der Waals surface area contributed by atoms with Crippen molar-refractivity contribution in [3.63, 3.8) is 0 Å². The number of anilines is 1. The Bertz CT molecular complexity index is 956. The predicted molar refractivity (Wildman–Crippen MR) is 129 cm³/mol. The molecule has 2 aromatic carbocycles. The number of hydrogen-bond donors (Lipinski definition) is 3. The van der Waals surface area contributed by atoms with Gasteiger partial charge in [-0.15, -0.1) is 0 Å². The van der Waals surface area contributed by atoms with Gasteiger partial charge < -0.3 is 10.1 Å². The Kier molecular flexibility index (Phi) is 9.04. The number of amides is 1. The van der Waals surface area contributed by atoms with Crippen LogP contribution < -0.4 is 10.8 Å². The second-order valence-electron chi connectivity index (χ2n) is 8.60. The van der Waals surface area contributed by atoms with Crippen LogP contribution in [-0.2, 0) is 20.9 Å². The molecule has 3 rings (SSSR count). The van der Waals surface area contributed by atoms with Crippen molar-refractivity contribution in [2.75, 3.05) is 31.6 Å². The number of nitrogens with zero attached hydrogens (tertiary/aromatic N) is 1. The van der Waals surface area contributed by atoms with Crippen LogP contribution in [0.4, 0.5) is 5.69 Å². The van der Waals surface area contributed by atoms with Crippen LogP contribution in [0.3, 0.4) is 0 Å². The molecular weight excluding hydrogens is 418 g/mol. The standard InChI is InChI=1S/C26H33N3O4/c1-19(2)26(31)33-16-15-29(14-13-22-17-27-24-6-4-3-5-23(22)24)18-21-9-7-20(8-10-21)11-12-25(30)28-32/h3-12,19,22,27,32H,13-18H2,1-2H3,(H,28,30)/b12-11+. The van der Waals surface area contributed by atoms with E-state index in [0.717, 1.165) is 37.2 Å². The van der Waals surface area contributed by atoms with Gasteiger partial charge in [0.2, 0.25) is 0 Å². The van der Waals surface area contributed by atoms with Crippen molar-refractivity contribution in [3.05, 3.63) is 71.3 Å². The van der Waals surface area contributed by atoms with Gasteiger partial charge in [0.1, 0.15) is 6.61 Å². The highest BCUT2D eigenvalue weighted by molar-refractivity contribution is 5.90. The minimum atomic E-state index is -0.566. The summed E-state index contributed by atoms with van der Waals surface area (Å²) in [4.78, 5) is 25.3. The zero-order chi connectivity index (χ0) is 23.6. The van der Waals surface area contributed by atoms with Crippen LogP contribution >= 0.6 is 0 Å². The number of hydroxylamine groups is 1. The van der Waals surface area contributed by atoms with Crippen LogP contribution in [-0.4, -0.2) is 48.2 Å². The van der Waals surface area contributed by atoms with Crippen molar-refractivity contribution in [1.29, 1.82) is 0 Å². The van der Waals surface area contributed by atoms with Gasteiger partial charge in [-0.1, -0.05) is 56.3 Å². The number of esters is 1. The molecule has 1 atom stereocenters. The van der Waals surface area contributed by atoms with Crippen molar-refractivity contribution in [2.45, 2.75) is 32.7 Å². The van der Waals surface area contributed by atoms with Gasteiger partial charge in [-0.05, 0) is 41.8 Å². The Balaban J connectivity index is 1.61. The number of benzene rings is 2. The Hall–Kier alpha value is -3.16. The molecule has 0 aliphatic carbocycles. The van der Waals surface area contributed by atoms with E-state index in [-0.39, 0.29) is 11.9 Å². The molecule has 176 valence electrons. The summed E-state index contributed by atoms with van der Waals surface area (Å²) >= 11 is 0. The zero-order valence-corrected chi connectivity index (χ0v) is 19.3. The highest BCUT2D eigenvalue weighted by atomic mass is 16.5. The van der Waals surface area contributed by atoms with Crippen LogP contribution in [0, 0.1) is 5.92 Å². The molecule has 1 amide bonds. The first-order chi connectivity index (χ1) is 16.0. The summed E-state index contributed by atoms with van der Waals surface area (Å²) in [6.45, 7) is 7.28. The molecule has 7 heteroatoms. The Morgan fingerprint density at radius 3 is 2.67 bits per heavy atom. The number of carbonyl (C=O) groups is 2. The van der Waals surface area contributed by atoms with Crippen LogP contribution in [0.15, 0.2) is 54.6 Å². The summed E-state index contributed by atoms with van der Waals surface area (Å²) < 4.78 is 5.42. The van der Waals surface area contributed by atoms with E-state index in [1.165, 1.54) is 17.3 Å². The lowest BCUT2D eigenvalue weighted by Crippen LogP contribution is -2.30. The molecule has 1 aliphatic heterocycles. The van der Waals surface area contributed by atoms with Gasteiger partial charge >= 0.3 is 5.97 Å². The first-order valence-electron chi connectivity index (χ1n) is 11.4. The maximum atomic E-state index is 11.9. The third kappa shape index (κ3) is 7.44. The van der Waals surface area contributed by atoms with Crippen LogP contribution in [0.1, 0.15) is 42.9 Å². The predicted octanol–water partition coefficient (Wildman–Crippen LogP) is 3.81. The molecule has 0 aromatic heterocycles. The van der Waals surface area contributed by atoms with E-state index in [4.69, 9.17) is 9.94 Å². The lowest BCUT2D eigenvalue weighted by molar-refractivity contribution is -0.147. The first kappa shape index (κ1) is 24.5. The van der Waals surface area contributed by atoms with E-state index in [1.807, 2.05) is 38.1 Å². The highest BCUT2D eigenvalue weighted by Gasteiger charge is 2.22. The summed E-state index contributed by atoms with van der Waals surface area (Å²) in [6, 6.07) is 16.4. The summed E-state index contributed by atoms with van der Waals surface area (Å²) in [7, 11) is 0. The maximum Gasteiger partial charge on any atom is 0.308 e. The Labute approximate surface area is 195 Å². The molecule has 0 saturated carbocycles. The number of ether oxygens (including phenoxy) is 1. The average molecular weight is 452 g/mol. The number of rotatable bonds is 11. The largest absolute Gasteiger partial charge is 0.464 e. The summed E-state index contributed by atoms with van der Waals surface area (Å²) in [5.74, 6) is -0.406. The number of hydrogen-bond acceptors (Lipinski definition) is 6. The molecule has 0 spiro atoms. The normalized spacial score (nSPS) is 15.0. The molecule has 7 nitrogen and oxygen atoms in total. The second-order valence-corrected chi connectivity index (χ2v) is 8.60. The number of para-hydroxylation sites is 1. The fourth-order valence-corrected chi connectivity index (χ4v) is 3.87. The fraction of sp³-hybridized carbons (Fsp3) is 0.385. The van der Waals surface area contributed by atoms with Crippen LogP contribution in [0.25, 0.3) is 6.08 Å². The topological polar surface area (TPSA) is 90.9 Å². The lowest BCUT2D eigenvalue weighted by Gasteiger charge is -2.24. The minimum Gasteiger partial charge on any atom is -0.464 e. The van der Waals surface area contributed by atoms with Crippen molar-refractivity contribution >= 4 is 23.6 Å². The summed E-state index contributed by atoms with van der Waals surface area (Å²) in [5.41, 5.74) is 6.17. The van der Waals surface area contributed by atoms with E-state index in [0.29, 0.717) is 19.1 Å². The van der Waals surface area contributed by atoms with E-state index in [2.05, 4.69) is 34.5 Å². The Morgan fingerprint density at radius 1 is 1.18 bits per heavy atom. The molecular formula is C26H33N3O4. The van der Waals surface area contributed by atoms with Crippen LogP contribution in [0.5, 0.6) is 0 Å². The third-order valence-electron chi connectivity index (χ3n) is 5.78. The SMILES string of the molecule is CC(C)C(=O)OCCN(CCC1CNc2ccccc21)Cc1ccc(/C=C/C(=O)NO)cc1. The minimum absolute atomic E-state index is 0.131. The van der Waals surface area contributed by atoms with Gasteiger partial charge in [0.25, 0.3) is 5.91 Å². The Morgan fingerprint density at radius 2 is 1.94 bits per heavy atom. The van der Waals surface area contributed by atoms with E-state index in [9.17, 15) is 9.59 Å². The van der Waals surface area contributed by atoms with Gasteiger partial charge in [-0.25, -0.2) is 5.48 Å². The van der Waals surface area contributed by atoms with Gasteiger partial charge in [0, 0.05) is 37.3 Å². The highest BCUT2D eigenvalue weighted by Crippen LogP contribution is 2.33. The zero-order valence-electron chi connectivity index (χ0n) is 19.3. The average Bonchev–Trinajstić information content (AvgIpc) is 3.24. The quantitative estimate of drug-likeness (QED) is 0.208. The van der Waals surface area contributed by atoms with Gasteiger partial charge in [0.05, 0.1) is 5.92 Å². The van der Waals surface area contributed by atoms with E-state index < -0.39 is 5.91 Å². The van der Waals surface area contributed by atoms with Crippen molar-refractivity contribution in [2.24, 2.45) is 5.92 Å².